The molecule has 25 heavy (non-hydrogen) atoms. The Bertz CT molecular complexity index is 908. The Morgan fingerprint density at radius 3 is 2.64 bits per heavy atom. The lowest BCUT2D eigenvalue weighted by atomic mass is 10.1. The molecule has 0 saturated heterocycles. The van der Waals surface area contributed by atoms with Crippen molar-refractivity contribution in [3.63, 3.8) is 0 Å². The number of anilines is 2. The lowest BCUT2D eigenvalue weighted by Gasteiger charge is -2.10. The van der Waals surface area contributed by atoms with Crippen molar-refractivity contribution in [2.45, 2.75) is 25.1 Å². The first-order valence-corrected chi connectivity index (χ1v) is 9.44. The monoisotopic (exact) mass is 384 g/mol. The van der Waals surface area contributed by atoms with Crippen molar-refractivity contribution in [1.29, 1.82) is 0 Å². The Balaban J connectivity index is 2.28. The van der Waals surface area contributed by atoms with Crippen molar-refractivity contribution in [2.24, 2.45) is 0 Å². The molecular formula is C14H16N4O5S2. The van der Waals surface area contributed by atoms with Gasteiger partial charge in [0.1, 0.15) is 0 Å². The number of esters is 1. The summed E-state index contributed by atoms with van der Waals surface area (Å²) >= 11 is 0.716. The number of ether oxygens (including phenoxy) is 1. The third-order valence-corrected chi connectivity index (χ3v) is 5.48. The summed E-state index contributed by atoms with van der Waals surface area (Å²) < 4.78 is 31.8. The van der Waals surface area contributed by atoms with Gasteiger partial charge >= 0.3 is 5.97 Å². The maximum Gasteiger partial charge on any atom is 0.338 e. The van der Waals surface area contributed by atoms with E-state index in [1.165, 1.54) is 13.0 Å². The minimum atomic E-state index is -4.01. The van der Waals surface area contributed by atoms with Gasteiger partial charge in [0.25, 0.3) is 14.4 Å². The summed E-state index contributed by atoms with van der Waals surface area (Å²) in [6, 6.07) is 4.54. The van der Waals surface area contributed by atoms with Crippen LogP contribution in [0.25, 0.3) is 0 Å². The van der Waals surface area contributed by atoms with Crippen molar-refractivity contribution in [1.82, 2.24) is 10.2 Å². The van der Waals surface area contributed by atoms with Gasteiger partial charge in [-0.15, -0.1) is 10.2 Å². The summed E-state index contributed by atoms with van der Waals surface area (Å²) in [5.74, 6) is -0.933. The highest BCUT2D eigenvalue weighted by atomic mass is 32.2. The molecule has 0 bridgehead atoms. The Kier molecular flexibility index (Phi) is 5.69. The number of hydrogen-bond acceptors (Lipinski definition) is 8. The van der Waals surface area contributed by atoms with Crippen molar-refractivity contribution in [2.75, 3.05) is 16.6 Å². The van der Waals surface area contributed by atoms with E-state index < -0.39 is 16.0 Å². The summed E-state index contributed by atoms with van der Waals surface area (Å²) in [7, 11) is -4.01. The van der Waals surface area contributed by atoms with Crippen LogP contribution in [-0.4, -0.2) is 37.1 Å². The minimum Gasteiger partial charge on any atom is -0.462 e. The molecule has 1 aromatic carbocycles. The average Bonchev–Trinajstić information content (AvgIpc) is 2.98. The molecule has 0 aliphatic rings. The van der Waals surface area contributed by atoms with Gasteiger partial charge in [0.05, 0.1) is 17.9 Å². The normalized spacial score (nSPS) is 11.0. The summed E-state index contributed by atoms with van der Waals surface area (Å²) in [6.07, 6.45) is 0. The van der Waals surface area contributed by atoms with Crippen LogP contribution in [0.15, 0.2) is 22.5 Å². The predicted molar refractivity (Wildman–Crippen MR) is 92.2 cm³/mol. The molecule has 9 nitrogen and oxygen atoms in total. The number of aromatic nitrogens is 2. The van der Waals surface area contributed by atoms with Crippen molar-refractivity contribution in [3.05, 3.63) is 29.3 Å². The van der Waals surface area contributed by atoms with Gasteiger partial charge in [-0.05, 0) is 31.5 Å². The molecule has 2 aromatic rings. The van der Waals surface area contributed by atoms with Crippen LogP contribution in [0.1, 0.15) is 29.8 Å². The van der Waals surface area contributed by atoms with Gasteiger partial charge in [0.15, 0.2) is 0 Å². The first-order chi connectivity index (χ1) is 11.7. The average molecular weight is 384 g/mol. The van der Waals surface area contributed by atoms with Gasteiger partial charge in [-0.25, -0.2) is 4.79 Å². The molecule has 0 aliphatic heterocycles. The maximum absolute atomic E-state index is 12.4. The SMILES string of the molecule is CCOC(=O)c1ccc(C)c(NS(=O)(=O)c2nnc(NC(C)=O)s2)c1. The molecule has 0 atom stereocenters. The van der Waals surface area contributed by atoms with Crippen molar-refractivity contribution in [3.8, 4) is 0 Å². The number of hydrogen-bond donors (Lipinski definition) is 2. The number of aryl methyl sites for hydroxylation is 1. The number of carbonyl (C=O) groups is 2. The van der Waals surface area contributed by atoms with E-state index >= 15 is 0 Å². The van der Waals surface area contributed by atoms with E-state index in [0.717, 1.165) is 0 Å². The molecule has 1 heterocycles. The van der Waals surface area contributed by atoms with Crippen LogP contribution in [-0.2, 0) is 19.6 Å². The molecule has 2 rings (SSSR count). The molecule has 1 amide bonds. The van der Waals surface area contributed by atoms with Crippen LogP contribution in [0.4, 0.5) is 10.8 Å². The van der Waals surface area contributed by atoms with Gasteiger partial charge in [-0.1, -0.05) is 17.4 Å². The number of carbonyl (C=O) groups excluding carboxylic acids is 2. The Hall–Kier alpha value is -2.53. The molecule has 11 heteroatoms. The number of sulfonamides is 1. The third-order valence-electron chi connectivity index (χ3n) is 2.91. The fraction of sp³-hybridized carbons (Fsp3) is 0.286. The number of rotatable bonds is 6. The van der Waals surface area contributed by atoms with E-state index in [1.54, 1.807) is 26.0 Å². The van der Waals surface area contributed by atoms with Gasteiger partial charge in [-0.2, -0.15) is 8.42 Å². The van der Waals surface area contributed by atoms with Crippen LogP contribution < -0.4 is 10.0 Å². The van der Waals surface area contributed by atoms with E-state index in [2.05, 4.69) is 20.2 Å². The predicted octanol–water partition coefficient (Wildman–Crippen LogP) is 1.78. The summed E-state index contributed by atoms with van der Waals surface area (Å²) in [6.45, 7) is 4.86. The molecule has 134 valence electrons. The highest BCUT2D eigenvalue weighted by Crippen LogP contribution is 2.25. The first-order valence-electron chi connectivity index (χ1n) is 7.14. The molecule has 1 aromatic heterocycles. The summed E-state index contributed by atoms with van der Waals surface area (Å²) in [5, 5.41) is 9.60. The molecule has 2 N–H and O–H groups in total. The van der Waals surface area contributed by atoms with E-state index in [9.17, 15) is 18.0 Å². The lowest BCUT2D eigenvalue weighted by molar-refractivity contribution is -0.114. The zero-order valence-corrected chi connectivity index (χ0v) is 15.3. The van der Waals surface area contributed by atoms with E-state index in [4.69, 9.17) is 4.74 Å². The van der Waals surface area contributed by atoms with Gasteiger partial charge in [0, 0.05) is 6.92 Å². The molecule has 0 unspecified atom stereocenters. The van der Waals surface area contributed by atoms with Crippen LogP contribution in [0.5, 0.6) is 0 Å². The molecular weight excluding hydrogens is 368 g/mol. The molecule has 0 fully saturated rings. The van der Waals surface area contributed by atoms with Crippen molar-refractivity contribution >= 4 is 44.1 Å². The number of benzene rings is 1. The maximum atomic E-state index is 12.4. The largest absolute Gasteiger partial charge is 0.462 e. The third kappa shape index (κ3) is 4.73. The minimum absolute atomic E-state index is 0.0740. The second-order valence-electron chi connectivity index (χ2n) is 4.91. The van der Waals surface area contributed by atoms with Crippen LogP contribution >= 0.6 is 11.3 Å². The molecule has 0 spiro atoms. The van der Waals surface area contributed by atoms with Crippen LogP contribution in [0.2, 0.25) is 0 Å². The number of nitrogens with zero attached hydrogens (tertiary/aromatic N) is 2. The lowest BCUT2D eigenvalue weighted by Crippen LogP contribution is -2.14. The van der Waals surface area contributed by atoms with Crippen molar-refractivity contribution < 1.29 is 22.7 Å². The second-order valence-corrected chi connectivity index (χ2v) is 7.74. The molecule has 0 saturated carbocycles. The summed E-state index contributed by atoms with van der Waals surface area (Å²) in [5.41, 5.74) is 1.06. The zero-order valence-electron chi connectivity index (χ0n) is 13.7. The fourth-order valence-corrected chi connectivity index (χ4v) is 3.85. The van der Waals surface area contributed by atoms with Crippen LogP contribution in [0.3, 0.4) is 0 Å². The standard InChI is InChI=1S/C14H16N4O5S2/c1-4-23-12(20)10-6-5-8(2)11(7-10)18-25(21,22)14-17-16-13(24-14)15-9(3)19/h5-7,18H,4H2,1-3H3,(H,15,16,19). The second kappa shape index (κ2) is 7.57. The quantitative estimate of drug-likeness (QED) is 0.574. The highest BCUT2D eigenvalue weighted by molar-refractivity contribution is 7.94. The number of amides is 1. The Labute approximate surface area is 148 Å². The van der Waals surface area contributed by atoms with E-state index in [0.29, 0.717) is 16.9 Å². The highest BCUT2D eigenvalue weighted by Gasteiger charge is 2.22. The first kappa shape index (κ1) is 18.8. The van der Waals surface area contributed by atoms with E-state index in [-0.39, 0.29) is 33.2 Å². The van der Waals surface area contributed by atoms with Gasteiger partial charge in [0.2, 0.25) is 11.0 Å². The smallest absolute Gasteiger partial charge is 0.338 e. The van der Waals surface area contributed by atoms with Crippen LogP contribution in [0, 0.1) is 6.92 Å². The fourth-order valence-electron chi connectivity index (χ4n) is 1.78. The van der Waals surface area contributed by atoms with Gasteiger partial charge < -0.3 is 10.1 Å². The zero-order chi connectivity index (χ0) is 18.6. The molecule has 0 radical (unpaired) electrons. The summed E-state index contributed by atoms with van der Waals surface area (Å²) in [4.78, 5) is 22.8. The van der Waals surface area contributed by atoms with Gasteiger partial charge in [-0.3, -0.25) is 9.52 Å². The Morgan fingerprint density at radius 1 is 1.28 bits per heavy atom. The topological polar surface area (TPSA) is 127 Å². The molecule has 0 aliphatic carbocycles. The van der Waals surface area contributed by atoms with E-state index in [1.807, 2.05) is 0 Å². The number of nitrogens with one attached hydrogen (secondary N) is 2. The Morgan fingerprint density at radius 2 is 2.00 bits per heavy atom.